The van der Waals surface area contributed by atoms with Crippen molar-refractivity contribution in [3.05, 3.63) is 0 Å². The quantitative estimate of drug-likeness (QED) is 0.591. The van der Waals surface area contributed by atoms with E-state index >= 15 is 0 Å². The van der Waals surface area contributed by atoms with Gasteiger partial charge in [0.2, 0.25) is 0 Å². The molecule has 1 aliphatic carbocycles. The standard InChI is InChI=1S/C10H18O2/c1-10(12-2,6-7-11)8-9-4-3-5-9/h7,9H,3-6,8H2,1-2H3. The fraction of sp³-hybridized carbons (Fsp3) is 0.900. The maximum absolute atomic E-state index is 10.4. The lowest BCUT2D eigenvalue weighted by atomic mass is 9.77. The van der Waals surface area contributed by atoms with E-state index < -0.39 is 0 Å². The highest BCUT2D eigenvalue weighted by atomic mass is 16.5. The second kappa shape index (κ2) is 4.04. The van der Waals surface area contributed by atoms with Gasteiger partial charge in [-0.3, -0.25) is 0 Å². The van der Waals surface area contributed by atoms with Crippen molar-refractivity contribution >= 4 is 6.29 Å². The molecule has 0 saturated heterocycles. The molecule has 1 atom stereocenters. The Morgan fingerprint density at radius 1 is 1.58 bits per heavy atom. The first-order valence-electron chi connectivity index (χ1n) is 4.69. The fourth-order valence-corrected chi connectivity index (χ4v) is 1.73. The molecular weight excluding hydrogens is 152 g/mol. The second-order valence-corrected chi connectivity index (χ2v) is 4.03. The Morgan fingerprint density at radius 2 is 2.25 bits per heavy atom. The molecule has 0 radical (unpaired) electrons. The number of carbonyl (C=O) groups is 1. The Morgan fingerprint density at radius 3 is 2.58 bits per heavy atom. The topological polar surface area (TPSA) is 26.3 Å². The van der Waals surface area contributed by atoms with Gasteiger partial charge in [0.1, 0.15) is 6.29 Å². The molecule has 0 aliphatic heterocycles. The van der Waals surface area contributed by atoms with Crippen molar-refractivity contribution in [3.63, 3.8) is 0 Å². The zero-order valence-electron chi connectivity index (χ0n) is 8.01. The summed E-state index contributed by atoms with van der Waals surface area (Å²) in [4.78, 5) is 10.4. The number of hydrogen-bond donors (Lipinski definition) is 0. The van der Waals surface area contributed by atoms with E-state index in [-0.39, 0.29) is 5.60 Å². The summed E-state index contributed by atoms with van der Waals surface area (Å²) in [6, 6.07) is 0. The zero-order valence-corrected chi connectivity index (χ0v) is 8.01. The van der Waals surface area contributed by atoms with Crippen molar-refractivity contribution in [1.82, 2.24) is 0 Å². The average Bonchev–Trinajstić information content (AvgIpc) is 1.98. The minimum Gasteiger partial charge on any atom is -0.378 e. The van der Waals surface area contributed by atoms with Gasteiger partial charge in [-0.25, -0.2) is 0 Å². The molecule has 2 heteroatoms. The molecule has 0 aromatic carbocycles. The van der Waals surface area contributed by atoms with E-state index in [0.29, 0.717) is 6.42 Å². The predicted molar refractivity (Wildman–Crippen MR) is 48.1 cm³/mol. The van der Waals surface area contributed by atoms with Crippen molar-refractivity contribution in [2.45, 2.75) is 44.6 Å². The first kappa shape index (κ1) is 9.72. The van der Waals surface area contributed by atoms with Crippen LogP contribution in [0.15, 0.2) is 0 Å². The van der Waals surface area contributed by atoms with Crippen LogP contribution in [0.1, 0.15) is 39.0 Å². The lowest BCUT2D eigenvalue weighted by molar-refractivity contribution is -0.114. The lowest BCUT2D eigenvalue weighted by Crippen LogP contribution is -2.32. The van der Waals surface area contributed by atoms with Crippen LogP contribution in [0.4, 0.5) is 0 Å². The zero-order chi connectivity index (χ0) is 9.03. The van der Waals surface area contributed by atoms with Crippen molar-refractivity contribution in [1.29, 1.82) is 0 Å². The van der Waals surface area contributed by atoms with Crippen LogP contribution in [-0.4, -0.2) is 19.0 Å². The Labute approximate surface area is 74.3 Å². The first-order valence-corrected chi connectivity index (χ1v) is 4.69. The Hall–Kier alpha value is -0.370. The van der Waals surface area contributed by atoms with E-state index in [4.69, 9.17) is 4.74 Å². The molecule has 0 N–H and O–H groups in total. The lowest BCUT2D eigenvalue weighted by Gasteiger charge is -2.34. The molecule has 1 unspecified atom stereocenters. The van der Waals surface area contributed by atoms with Crippen molar-refractivity contribution in [2.75, 3.05) is 7.11 Å². The number of ether oxygens (including phenoxy) is 1. The van der Waals surface area contributed by atoms with Gasteiger partial charge in [0.25, 0.3) is 0 Å². The van der Waals surface area contributed by atoms with Crippen LogP contribution in [0.3, 0.4) is 0 Å². The largest absolute Gasteiger partial charge is 0.378 e. The van der Waals surface area contributed by atoms with Gasteiger partial charge in [-0.1, -0.05) is 19.3 Å². The van der Waals surface area contributed by atoms with Gasteiger partial charge in [-0.05, 0) is 19.3 Å². The number of methoxy groups -OCH3 is 1. The van der Waals surface area contributed by atoms with E-state index in [2.05, 4.69) is 0 Å². The molecule has 0 aromatic heterocycles. The molecule has 0 heterocycles. The fourth-order valence-electron chi connectivity index (χ4n) is 1.73. The molecule has 0 spiro atoms. The van der Waals surface area contributed by atoms with E-state index in [0.717, 1.165) is 18.6 Å². The van der Waals surface area contributed by atoms with Gasteiger partial charge in [0, 0.05) is 13.5 Å². The highest BCUT2D eigenvalue weighted by Crippen LogP contribution is 2.35. The van der Waals surface area contributed by atoms with Crippen molar-refractivity contribution in [3.8, 4) is 0 Å². The number of rotatable bonds is 5. The van der Waals surface area contributed by atoms with Crippen molar-refractivity contribution in [2.24, 2.45) is 5.92 Å². The maximum Gasteiger partial charge on any atom is 0.122 e. The Balaban J connectivity index is 2.35. The Bertz CT molecular complexity index is 152. The van der Waals surface area contributed by atoms with Gasteiger partial charge in [-0.2, -0.15) is 0 Å². The van der Waals surface area contributed by atoms with Gasteiger partial charge in [0.15, 0.2) is 0 Å². The minimum absolute atomic E-state index is 0.202. The number of carbonyl (C=O) groups excluding carboxylic acids is 1. The monoisotopic (exact) mass is 170 g/mol. The molecule has 12 heavy (non-hydrogen) atoms. The Kier molecular flexibility index (Phi) is 3.27. The summed E-state index contributed by atoms with van der Waals surface area (Å²) in [5.74, 6) is 0.801. The third kappa shape index (κ3) is 2.31. The molecule has 0 amide bonds. The first-order chi connectivity index (χ1) is 5.70. The molecule has 0 aromatic rings. The molecule has 1 rings (SSSR count). The van der Waals surface area contributed by atoms with Crippen LogP contribution in [0.5, 0.6) is 0 Å². The van der Waals surface area contributed by atoms with Crippen molar-refractivity contribution < 1.29 is 9.53 Å². The van der Waals surface area contributed by atoms with Crippen LogP contribution in [0.2, 0.25) is 0 Å². The summed E-state index contributed by atoms with van der Waals surface area (Å²) < 4.78 is 5.35. The van der Waals surface area contributed by atoms with Crippen LogP contribution < -0.4 is 0 Å². The molecule has 1 saturated carbocycles. The summed E-state index contributed by atoms with van der Waals surface area (Å²) in [5, 5.41) is 0. The van der Waals surface area contributed by atoms with Crippen LogP contribution in [0, 0.1) is 5.92 Å². The molecule has 1 aliphatic rings. The van der Waals surface area contributed by atoms with E-state index in [1.165, 1.54) is 19.3 Å². The number of aldehydes is 1. The second-order valence-electron chi connectivity index (χ2n) is 4.03. The molecule has 1 fully saturated rings. The van der Waals surface area contributed by atoms with Crippen LogP contribution >= 0.6 is 0 Å². The summed E-state index contributed by atoms with van der Waals surface area (Å²) in [6.07, 6.45) is 6.52. The summed E-state index contributed by atoms with van der Waals surface area (Å²) in [7, 11) is 1.70. The summed E-state index contributed by atoms with van der Waals surface area (Å²) in [5.41, 5.74) is -0.202. The summed E-state index contributed by atoms with van der Waals surface area (Å²) in [6.45, 7) is 2.03. The maximum atomic E-state index is 10.4. The average molecular weight is 170 g/mol. The predicted octanol–water partition coefficient (Wildman–Crippen LogP) is 2.17. The van der Waals surface area contributed by atoms with E-state index in [1.54, 1.807) is 7.11 Å². The van der Waals surface area contributed by atoms with E-state index in [1.807, 2.05) is 6.92 Å². The SMILES string of the molecule is COC(C)(CC=O)CC1CCC1. The normalized spacial score (nSPS) is 22.8. The molecular formula is C10H18O2. The van der Waals surface area contributed by atoms with Gasteiger partial charge in [0.05, 0.1) is 5.60 Å². The molecule has 2 nitrogen and oxygen atoms in total. The van der Waals surface area contributed by atoms with Gasteiger partial charge in [-0.15, -0.1) is 0 Å². The van der Waals surface area contributed by atoms with Gasteiger partial charge >= 0.3 is 0 Å². The van der Waals surface area contributed by atoms with Crippen LogP contribution in [0.25, 0.3) is 0 Å². The van der Waals surface area contributed by atoms with E-state index in [9.17, 15) is 4.79 Å². The molecule has 0 bridgehead atoms. The molecule has 70 valence electrons. The summed E-state index contributed by atoms with van der Waals surface area (Å²) >= 11 is 0. The smallest absolute Gasteiger partial charge is 0.122 e. The third-order valence-corrected chi connectivity index (χ3v) is 2.95. The highest BCUT2D eigenvalue weighted by Gasteiger charge is 2.30. The minimum atomic E-state index is -0.202. The highest BCUT2D eigenvalue weighted by molar-refractivity contribution is 5.51. The number of hydrogen-bond acceptors (Lipinski definition) is 2. The van der Waals surface area contributed by atoms with Crippen LogP contribution in [-0.2, 0) is 9.53 Å². The third-order valence-electron chi connectivity index (χ3n) is 2.95. The van der Waals surface area contributed by atoms with Gasteiger partial charge < -0.3 is 9.53 Å².